The first kappa shape index (κ1) is 19.4. The minimum absolute atomic E-state index is 0.0450. The topological polar surface area (TPSA) is 96.2 Å². The number of piperidine rings is 1. The van der Waals surface area contributed by atoms with E-state index < -0.39 is 0 Å². The Kier molecular flexibility index (Phi) is 5.21. The molecule has 0 aliphatic carbocycles. The van der Waals surface area contributed by atoms with E-state index in [2.05, 4.69) is 26.9 Å². The van der Waals surface area contributed by atoms with Crippen LogP contribution >= 0.6 is 0 Å². The average Bonchev–Trinajstić information content (AvgIpc) is 3.35. The van der Waals surface area contributed by atoms with Crippen molar-refractivity contribution >= 4 is 17.6 Å². The fraction of sp³-hybridized carbons (Fsp3) is 0.550. The van der Waals surface area contributed by atoms with Crippen molar-refractivity contribution in [3.05, 3.63) is 35.7 Å². The smallest absolute Gasteiger partial charge is 0.321 e. The number of urea groups is 1. The molecule has 1 aromatic carbocycles. The number of anilines is 1. The Bertz CT molecular complexity index is 888. The molecule has 1 N–H and O–H groups in total. The number of hydrogen-bond acceptors (Lipinski definition) is 5. The standard InChI is InChI=1S/C20H27N7O2/c1-15-3-4-17(16(2)11-15)22-19(29)25-8-5-20(6-9-25)7-10-26(13-20)18(28)12-27-14-21-23-24-27/h3-4,11,14H,5-10,12-13H2,1-2H3,(H,22,29). The van der Waals surface area contributed by atoms with Crippen LogP contribution < -0.4 is 5.32 Å². The Labute approximate surface area is 170 Å². The number of carbonyl (C=O) groups is 2. The third kappa shape index (κ3) is 4.23. The third-order valence-corrected chi connectivity index (χ3v) is 6.21. The summed E-state index contributed by atoms with van der Waals surface area (Å²) in [7, 11) is 0. The summed E-state index contributed by atoms with van der Waals surface area (Å²) in [6, 6.07) is 5.99. The highest BCUT2D eigenvalue weighted by Crippen LogP contribution is 2.40. The van der Waals surface area contributed by atoms with Crippen molar-refractivity contribution in [3.8, 4) is 0 Å². The molecule has 0 bridgehead atoms. The quantitative estimate of drug-likeness (QED) is 0.852. The maximum Gasteiger partial charge on any atom is 0.321 e. The van der Waals surface area contributed by atoms with Crippen LogP contribution in [0.4, 0.5) is 10.5 Å². The molecule has 2 fully saturated rings. The van der Waals surface area contributed by atoms with Gasteiger partial charge in [0.2, 0.25) is 5.91 Å². The zero-order valence-electron chi connectivity index (χ0n) is 17.0. The van der Waals surface area contributed by atoms with Crippen LogP contribution in [0.5, 0.6) is 0 Å². The highest BCUT2D eigenvalue weighted by molar-refractivity contribution is 5.90. The first-order valence-electron chi connectivity index (χ1n) is 10.1. The highest BCUT2D eigenvalue weighted by Gasteiger charge is 2.42. The lowest BCUT2D eigenvalue weighted by atomic mass is 9.78. The molecule has 1 aromatic heterocycles. The van der Waals surface area contributed by atoms with Gasteiger partial charge < -0.3 is 15.1 Å². The molecule has 3 amide bonds. The molecule has 1 spiro atoms. The van der Waals surface area contributed by atoms with Crippen LogP contribution in [0.1, 0.15) is 30.4 Å². The molecule has 0 saturated carbocycles. The van der Waals surface area contributed by atoms with Crippen LogP contribution in [-0.2, 0) is 11.3 Å². The number of likely N-dealkylation sites (tertiary alicyclic amines) is 2. The van der Waals surface area contributed by atoms with Crippen LogP contribution in [0.15, 0.2) is 24.5 Å². The maximum atomic E-state index is 12.7. The minimum atomic E-state index is -0.0450. The number of nitrogens with one attached hydrogen (secondary N) is 1. The Hall–Kier alpha value is -2.97. The molecule has 154 valence electrons. The van der Waals surface area contributed by atoms with Crippen LogP contribution in [0, 0.1) is 19.3 Å². The monoisotopic (exact) mass is 397 g/mol. The van der Waals surface area contributed by atoms with Gasteiger partial charge in [-0.15, -0.1) is 5.10 Å². The van der Waals surface area contributed by atoms with Gasteiger partial charge in [0.25, 0.3) is 0 Å². The molecule has 29 heavy (non-hydrogen) atoms. The number of amides is 3. The fourth-order valence-electron chi connectivity index (χ4n) is 4.38. The Morgan fingerprint density at radius 3 is 2.48 bits per heavy atom. The van der Waals surface area contributed by atoms with Gasteiger partial charge in [-0.2, -0.15) is 0 Å². The summed E-state index contributed by atoms with van der Waals surface area (Å²) in [6.07, 6.45) is 4.28. The van der Waals surface area contributed by atoms with Crippen LogP contribution in [0.3, 0.4) is 0 Å². The van der Waals surface area contributed by atoms with E-state index in [4.69, 9.17) is 0 Å². The lowest BCUT2D eigenvalue weighted by molar-refractivity contribution is -0.131. The van der Waals surface area contributed by atoms with Crippen LogP contribution in [0.2, 0.25) is 0 Å². The average molecular weight is 397 g/mol. The molecule has 9 heteroatoms. The SMILES string of the molecule is Cc1ccc(NC(=O)N2CCC3(CCN(C(=O)Cn4cnnn4)C3)CC2)c(C)c1. The van der Waals surface area contributed by atoms with Gasteiger partial charge in [-0.1, -0.05) is 17.7 Å². The molecule has 4 rings (SSSR count). The molecule has 2 aromatic rings. The second-order valence-electron chi connectivity index (χ2n) is 8.31. The molecular weight excluding hydrogens is 370 g/mol. The number of aryl methyl sites for hydroxylation is 2. The summed E-state index contributed by atoms with van der Waals surface area (Å²) in [5.41, 5.74) is 3.23. The number of nitrogens with zero attached hydrogens (tertiary/aromatic N) is 6. The van der Waals surface area contributed by atoms with Crippen molar-refractivity contribution < 1.29 is 9.59 Å². The van der Waals surface area contributed by atoms with Gasteiger partial charge in [0.05, 0.1) is 0 Å². The predicted molar refractivity (Wildman–Crippen MR) is 107 cm³/mol. The number of aromatic nitrogens is 4. The van der Waals surface area contributed by atoms with Crippen molar-refractivity contribution in [3.63, 3.8) is 0 Å². The largest absolute Gasteiger partial charge is 0.341 e. The van der Waals surface area contributed by atoms with Crippen LogP contribution in [0.25, 0.3) is 0 Å². The van der Waals surface area contributed by atoms with Crippen molar-refractivity contribution in [2.75, 3.05) is 31.5 Å². The molecule has 2 aliphatic rings. The van der Waals surface area contributed by atoms with E-state index in [1.54, 1.807) is 0 Å². The van der Waals surface area contributed by atoms with Gasteiger partial charge in [-0.05, 0) is 60.6 Å². The zero-order valence-corrected chi connectivity index (χ0v) is 17.0. The first-order chi connectivity index (χ1) is 13.9. The summed E-state index contributed by atoms with van der Waals surface area (Å²) in [5, 5.41) is 13.9. The van der Waals surface area contributed by atoms with Crippen molar-refractivity contribution in [2.24, 2.45) is 5.41 Å². The first-order valence-corrected chi connectivity index (χ1v) is 10.1. The lowest BCUT2D eigenvalue weighted by Crippen LogP contribution is -2.46. The van der Waals surface area contributed by atoms with E-state index in [9.17, 15) is 9.59 Å². The van der Waals surface area contributed by atoms with Gasteiger partial charge in [-0.3, -0.25) is 4.79 Å². The van der Waals surface area contributed by atoms with E-state index in [0.717, 1.165) is 43.6 Å². The number of tetrazole rings is 1. The molecule has 0 unspecified atom stereocenters. The second kappa shape index (κ2) is 7.81. The van der Waals surface area contributed by atoms with Gasteiger partial charge in [0.15, 0.2) is 0 Å². The van der Waals surface area contributed by atoms with Crippen molar-refractivity contribution in [1.29, 1.82) is 0 Å². The van der Waals surface area contributed by atoms with E-state index in [-0.39, 0.29) is 23.9 Å². The fourth-order valence-corrected chi connectivity index (χ4v) is 4.38. The van der Waals surface area contributed by atoms with Gasteiger partial charge >= 0.3 is 6.03 Å². The summed E-state index contributed by atoms with van der Waals surface area (Å²) in [4.78, 5) is 29.0. The third-order valence-electron chi connectivity index (χ3n) is 6.21. The van der Waals surface area contributed by atoms with E-state index in [1.807, 2.05) is 35.8 Å². The summed E-state index contributed by atoms with van der Waals surface area (Å²) >= 11 is 0. The number of rotatable bonds is 3. The Morgan fingerprint density at radius 1 is 1.10 bits per heavy atom. The molecular formula is C20H27N7O2. The predicted octanol–water partition coefficient (Wildman–Crippen LogP) is 1.84. The summed E-state index contributed by atoms with van der Waals surface area (Å²) in [5.74, 6) is 0.0455. The Morgan fingerprint density at radius 2 is 1.83 bits per heavy atom. The van der Waals surface area contributed by atoms with E-state index >= 15 is 0 Å². The Balaban J connectivity index is 1.30. The normalized spacial score (nSPS) is 18.3. The number of hydrogen-bond donors (Lipinski definition) is 1. The molecule has 2 saturated heterocycles. The van der Waals surface area contributed by atoms with Crippen LogP contribution in [-0.4, -0.2) is 68.1 Å². The molecule has 2 aliphatic heterocycles. The van der Waals surface area contributed by atoms with Crippen molar-refractivity contribution in [2.45, 2.75) is 39.7 Å². The summed E-state index contributed by atoms with van der Waals surface area (Å²) < 4.78 is 1.45. The van der Waals surface area contributed by atoms with E-state index in [0.29, 0.717) is 13.1 Å². The molecule has 9 nitrogen and oxygen atoms in total. The minimum Gasteiger partial charge on any atom is -0.341 e. The maximum absolute atomic E-state index is 12.7. The lowest BCUT2D eigenvalue weighted by Gasteiger charge is -2.39. The van der Waals surface area contributed by atoms with E-state index in [1.165, 1.54) is 16.6 Å². The molecule has 0 atom stereocenters. The van der Waals surface area contributed by atoms with Gasteiger partial charge in [0, 0.05) is 31.9 Å². The summed E-state index contributed by atoms with van der Waals surface area (Å²) in [6.45, 7) is 7.16. The number of benzene rings is 1. The van der Waals surface area contributed by atoms with Gasteiger partial charge in [-0.25, -0.2) is 9.48 Å². The zero-order chi connectivity index (χ0) is 20.4. The molecule has 0 radical (unpaired) electrons. The number of carbonyl (C=O) groups excluding carboxylic acids is 2. The van der Waals surface area contributed by atoms with Gasteiger partial charge in [0.1, 0.15) is 12.9 Å². The van der Waals surface area contributed by atoms with Crippen molar-refractivity contribution in [1.82, 2.24) is 30.0 Å². The highest BCUT2D eigenvalue weighted by atomic mass is 16.2. The molecule has 3 heterocycles. The second-order valence-corrected chi connectivity index (χ2v) is 8.31.